The lowest BCUT2D eigenvalue weighted by atomic mass is 10.3. The molecule has 18 heavy (non-hydrogen) atoms. The zero-order valence-corrected chi connectivity index (χ0v) is 9.71. The van der Waals surface area contributed by atoms with Gasteiger partial charge in [-0.3, -0.25) is 10.1 Å². The normalized spacial score (nSPS) is 12.2. The predicted molar refractivity (Wildman–Crippen MR) is 52.8 cm³/mol. The molecule has 11 heteroatoms. The summed E-state index contributed by atoms with van der Waals surface area (Å²) in [5.41, 5.74) is -1.37. The molecule has 0 radical (unpaired) electrons. The quantitative estimate of drug-likeness (QED) is 0.486. The Morgan fingerprint density at radius 3 is 2.28 bits per heavy atom. The highest BCUT2D eigenvalue weighted by Gasteiger charge is 2.37. The van der Waals surface area contributed by atoms with Crippen LogP contribution in [-0.4, -0.2) is 19.7 Å². The number of benzene rings is 1. The first kappa shape index (κ1) is 14.5. The molecule has 0 heterocycles. The lowest BCUT2D eigenvalue weighted by Gasteiger charge is -2.10. The van der Waals surface area contributed by atoms with E-state index in [2.05, 4.69) is 4.74 Å². The molecule has 0 saturated heterocycles. The summed E-state index contributed by atoms with van der Waals surface area (Å²) in [6.45, 7) is 0. The van der Waals surface area contributed by atoms with Gasteiger partial charge in [0.25, 0.3) is 9.05 Å². The van der Waals surface area contributed by atoms with Crippen LogP contribution in [0.2, 0.25) is 0 Å². The van der Waals surface area contributed by atoms with Gasteiger partial charge in [0.05, 0.1) is 4.92 Å². The SMILES string of the molecule is O=[N+]([O-])c1c(OC(F)(F)F)cccc1S(=O)(=O)Cl. The van der Waals surface area contributed by atoms with Gasteiger partial charge in [0.1, 0.15) is 0 Å². The molecule has 0 aliphatic heterocycles. The number of nitrogens with zero attached hydrogens (tertiary/aromatic N) is 1. The van der Waals surface area contributed by atoms with Crippen molar-refractivity contribution in [3.63, 3.8) is 0 Å². The number of ether oxygens (including phenoxy) is 1. The fourth-order valence-electron chi connectivity index (χ4n) is 1.09. The summed E-state index contributed by atoms with van der Waals surface area (Å²) in [6.07, 6.45) is -5.19. The van der Waals surface area contributed by atoms with E-state index < -0.39 is 36.7 Å². The van der Waals surface area contributed by atoms with Crippen LogP contribution in [0.25, 0.3) is 0 Å². The average Bonchev–Trinajstić information content (AvgIpc) is 2.12. The number of nitro groups is 1. The summed E-state index contributed by atoms with van der Waals surface area (Å²) >= 11 is 0. The van der Waals surface area contributed by atoms with Gasteiger partial charge in [0.2, 0.25) is 5.75 Å². The zero-order chi connectivity index (χ0) is 14.1. The molecule has 0 unspecified atom stereocenters. The fourth-order valence-corrected chi connectivity index (χ4v) is 2.11. The van der Waals surface area contributed by atoms with Gasteiger partial charge in [0.15, 0.2) is 4.90 Å². The molecule has 0 spiro atoms. The van der Waals surface area contributed by atoms with Crippen molar-refractivity contribution in [2.45, 2.75) is 11.3 Å². The average molecular weight is 306 g/mol. The highest BCUT2D eigenvalue weighted by atomic mass is 35.7. The molecule has 0 bridgehead atoms. The van der Waals surface area contributed by atoms with E-state index in [1.165, 1.54) is 0 Å². The third-order valence-electron chi connectivity index (χ3n) is 1.63. The number of nitro benzene ring substituents is 1. The Kier molecular flexibility index (Phi) is 3.72. The second kappa shape index (κ2) is 4.61. The molecule has 0 aliphatic carbocycles. The van der Waals surface area contributed by atoms with E-state index in [1.807, 2.05) is 0 Å². The molecule has 0 fully saturated rings. The largest absolute Gasteiger partial charge is 0.573 e. The molecule has 100 valence electrons. The van der Waals surface area contributed by atoms with Crippen molar-refractivity contribution in [1.29, 1.82) is 0 Å². The molecular formula is C7H3ClF3NO5S. The van der Waals surface area contributed by atoms with Crippen LogP contribution < -0.4 is 4.74 Å². The number of para-hydroxylation sites is 1. The third-order valence-corrected chi connectivity index (χ3v) is 2.99. The van der Waals surface area contributed by atoms with Gasteiger partial charge in [0, 0.05) is 10.7 Å². The minimum absolute atomic E-state index is 0.608. The molecule has 1 aromatic rings. The van der Waals surface area contributed by atoms with Crippen molar-refractivity contribution in [2.75, 3.05) is 0 Å². The lowest BCUT2D eigenvalue weighted by molar-refractivity contribution is -0.391. The van der Waals surface area contributed by atoms with Gasteiger partial charge in [-0.2, -0.15) is 0 Å². The molecular weight excluding hydrogens is 303 g/mol. The molecule has 0 atom stereocenters. The van der Waals surface area contributed by atoms with E-state index in [-0.39, 0.29) is 0 Å². The van der Waals surface area contributed by atoms with E-state index in [0.717, 1.165) is 6.07 Å². The van der Waals surface area contributed by atoms with Crippen molar-refractivity contribution in [1.82, 2.24) is 0 Å². The molecule has 1 aromatic carbocycles. The van der Waals surface area contributed by atoms with Crippen molar-refractivity contribution in [3.8, 4) is 5.75 Å². The van der Waals surface area contributed by atoms with Gasteiger partial charge >= 0.3 is 12.0 Å². The Hall–Kier alpha value is -1.55. The summed E-state index contributed by atoms with van der Waals surface area (Å²) < 4.78 is 61.3. The van der Waals surface area contributed by atoms with Gasteiger partial charge in [-0.25, -0.2) is 8.42 Å². The van der Waals surface area contributed by atoms with Crippen molar-refractivity contribution in [3.05, 3.63) is 28.3 Å². The number of halogens is 4. The van der Waals surface area contributed by atoms with Gasteiger partial charge in [-0.1, -0.05) is 6.07 Å². The van der Waals surface area contributed by atoms with E-state index in [4.69, 9.17) is 10.7 Å². The maximum absolute atomic E-state index is 12.0. The minimum Gasteiger partial charge on any atom is -0.398 e. The first-order valence-electron chi connectivity index (χ1n) is 4.00. The molecule has 0 amide bonds. The van der Waals surface area contributed by atoms with Crippen molar-refractivity contribution >= 4 is 25.4 Å². The van der Waals surface area contributed by atoms with E-state index in [0.29, 0.717) is 12.1 Å². The fraction of sp³-hybridized carbons (Fsp3) is 0.143. The monoisotopic (exact) mass is 305 g/mol. The van der Waals surface area contributed by atoms with E-state index in [9.17, 15) is 31.7 Å². The summed E-state index contributed by atoms with van der Waals surface area (Å²) in [6, 6.07) is 2.14. The second-order valence-electron chi connectivity index (χ2n) is 2.85. The van der Waals surface area contributed by atoms with E-state index in [1.54, 1.807) is 0 Å². The third kappa shape index (κ3) is 3.47. The highest BCUT2D eigenvalue weighted by molar-refractivity contribution is 8.13. The number of alkyl halides is 3. The van der Waals surface area contributed by atoms with Crippen molar-refractivity contribution < 1.29 is 31.2 Å². The molecule has 0 aliphatic rings. The number of rotatable bonds is 3. The zero-order valence-electron chi connectivity index (χ0n) is 8.14. The summed E-state index contributed by atoms with van der Waals surface area (Å²) in [7, 11) is 0.309. The smallest absolute Gasteiger partial charge is 0.398 e. The van der Waals surface area contributed by atoms with E-state index >= 15 is 0 Å². The Labute approximate surface area is 102 Å². The second-order valence-corrected chi connectivity index (χ2v) is 5.38. The Morgan fingerprint density at radius 1 is 1.33 bits per heavy atom. The van der Waals surface area contributed by atoms with Gasteiger partial charge in [-0.15, -0.1) is 13.2 Å². The van der Waals surface area contributed by atoms with Crippen molar-refractivity contribution in [2.24, 2.45) is 0 Å². The molecule has 0 aromatic heterocycles. The first-order chi connectivity index (χ1) is 8.02. The summed E-state index contributed by atoms with van der Waals surface area (Å²) in [4.78, 5) is 8.21. The van der Waals surface area contributed by atoms with Crippen LogP contribution >= 0.6 is 10.7 Å². The molecule has 1 rings (SSSR count). The number of hydrogen-bond acceptors (Lipinski definition) is 5. The Balaban J connectivity index is 3.51. The topological polar surface area (TPSA) is 86.5 Å². The first-order valence-corrected chi connectivity index (χ1v) is 6.31. The predicted octanol–water partition coefficient (Wildman–Crippen LogP) is 2.42. The highest BCUT2D eigenvalue weighted by Crippen LogP contribution is 2.37. The number of hydrogen-bond donors (Lipinski definition) is 0. The van der Waals surface area contributed by atoms with Crippen LogP contribution in [0, 0.1) is 10.1 Å². The standard InChI is InChI=1S/C7H3ClF3NO5S/c8-18(15,16)5-3-1-2-4(6(5)12(13)14)17-7(9,10)11/h1-3H. The Bertz CT molecular complexity index is 585. The summed E-state index contributed by atoms with van der Waals surface area (Å²) in [5.74, 6) is -1.26. The maximum Gasteiger partial charge on any atom is 0.573 e. The van der Waals surface area contributed by atoms with Crippen LogP contribution in [0.15, 0.2) is 23.1 Å². The van der Waals surface area contributed by atoms with Crippen LogP contribution in [0.5, 0.6) is 5.75 Å². The molecule has 0 saturated carbocycles. The van der Waals surface area contributed by atoms with Gasteiger partial charge < -0.3 is 4.74 Å². The van der Waals surface area contributed by atoms with Crippen LogP contribution in [0.4, 0.5) is 18.9 Å². The molecule has 0 N–H and O–H groups in total. The lowest BCUT2D eigenvalue weighted by Crippen LogP contribution is -2.18. The Morgan fingerprint density at radius 2 is 1.89 bits per heavy atom. The minimum atomic E-state index is -5.19. The molecule has 6 nitrogen and oxygen atoms in total. The van der Waals surface area contributed by atoms with Gasteiger partial charge in [-0.05, 0) is 12.1 Å². The van der Waals surface area contributed by atoms with Crippen LogP contribution in [-0.2, 0) is 9.05 Å². The summed E-state index contributed by atoms with van der Waals surface area (Å²) in [5, 5.41) is 10.6. The maximum atomic E-state index is 12.0. The van der Waals surface area contributed by atoms with Crippen LogP contribution in [0.3, 0.4) is 0 Å². The van der Waals surface area contributed by atoms with Crippen LogP contribution in [0.1, 0.15) is 0 Å².